The van der Waals surface area contributed by atoms with Gasteiger partial charge in [0.2, 0.25) is 5.78 Å². The number of allylic oxidation sites excluding steroid dienone is 2. The molecule has 55 heavy (non-hydrogen) atoms. The van der Waals surface area contributed by atoms with Crippen molar-refractivity contribution < 1.29 is 19.8 Å². The predicted molar refractivity (Wildman–Crippen MR) is 224 cm³/mol. The maximum Gasteiger partial charge on any atom is 0.321 e. The van der Waals surface area contributed by atoms with Crippen molar-refractivity contribution in [3.63, 3.8) is 0 Å². The number of hydrogen-bond acceptors (Lipinski definition) is 5. The molecule has 0 radical (unpaired) electrons. The average molecular weight is 759 g/mol. The number of anilines is 1. The van der Waals surface area contributed by atoms with Crippen LogP contribution in [0.15, 0.2) is 90.5 Å². The van der Waals surface area contributed by atoms with E-state index in [1.54, 1.807) is 0 Å². The Hall–Kier alpha value is -3.78. The maximum atomic E-state index is 14.7. The van der Waals surface area contributed by atoms with Crippen molar-refractivity contribution in [1.82, 2.24) is 4.90 Å². The molecular weight excluding hydrogens is 701 g/mol. The number of benzene rings is 3. The van der Waals surface area contributed by atoms with Gasteiger partial charge in [0.25, 0.3) is 0 Å². The molecule has 4 aromatic rings. The number of ketones is 1. The molecule has 4 saturated carbocycles. The van der Waals surface area contributed by atoms with Crippen LogP contribution in [0.1, 0.15) is 118 Å². The number of nitrogens with zero attached hydrogens (tertiary/aromatic N) is 1. The van der Waals surface area contributed by atoms with Crippen LogP contribution in [0.5, 0.6) is 0 Å². The highest BCUT2D eigenvalue weighted by molar-refractivity contribution is 7.21. The van der Waals surface area contributed by atoms with E-state index >= 15 is 0 Å². The minimum atomic E-state index is -1.19. The molecule has 1 heterocycles. The number of hydrogen-bond donors (Lipinski definition) is 3. The lowest BCUT2D eigenvalue weighted by molar-refractivity contribution is -0.117. The van der Waals surface area contributed by atoms with Gasteiger partial charge in [0.1, 0.15) is 0 Å². The fourth-order valence-corrected chi connectivity index (χ4v) is 12.2. The second-order valence-electron chi connectivity index (χ2n) is 18.3. The van der Waals surface area contributed by atoms with E-state index in [0.29, 0.717) is 60.9 Å². The number of aliphatic hydroxyl groups is 2. The Labute approximate surface area is 331 Å². The number of urea groups is 1. The Kier molecular flexibility index (Phi) is 10.4. The summed E-state index contributed by atoms with van der Waals surface area (Å²) in [5.74, 6) is 1.61. The molecule has 2 amide bonds. The lowest BCUT2D eigenvalue weighted by Gasteiger charge is -2.60. The molecule has 0 aliphatic heterocycles. The number of amides is 2. The van der Waals surface area contributed by atoms with Crippen LogP contribution in [0.2, 0.25) is 0 Å². The Balaban J connectivity index is 1.18. The van der Waals surface area contributed by atoms with Gasteiger partial charge in [-0.3, -0.25) is 4.79 Å². The van der Waals surface area contributed by atoms with Crippen molar-refractivity contribution in [3.8, 4) is 0 Å². The van der Waals surface area contributed by atoms with E-state index < -0.39 is 17.1 Å². The van der Waals surface area contributed by atoms with Gasteiger partial charge in [0, 0.05) is 27.9 Å². The van der Waals surface area contributed by atoms with Crippen molar-refractivity contribution in [1.29, 1.82) is 0 Å². The molecule has 0 unspecified atom stereocenters. The predicted octanol–water partition coefficient (Wildman–Crippen LogP) is 10.8. The van der Waals surface area contributed by atoms with Gasteiger partial charge in [-0.2, -0.15) is 0 Å². The summed E-state index contributed by atoms with van der Waals surface area (Å²) in [5.41, 5.74) is 3.03. The number of rotatable bonds is 7. The van der Waals surface area contributed by atoms with Crippen LogP contribution in [0, 0.1) is 28.6 Å². The molecule has 0 spiro atoms. The maximum absolute atomic E-state index is 14.7. The molecule has 6 aliphatic rings. The Bertz CT molecular complexity index is 2050. The second-order valence-corrected chi connectivity index (χ2v) is 19.4. The monoisotopic (exact) mass is 758 g/mol. The summed E-state index contributed by atoms with van der Waals surface area (Å²) in [6.45, 7) is 10.0. The molecule has 6 nitrogen and oxygen atoms in total. The smallest absolute Gasteiger partial charge is 0.321 e. The van der Waals surface area contributed by atoms with E-state index in [9.17, 15) is 19.8 Å². The Morgan fingerprint density at radius 3 is 2.47 bits per heavy atom. The minimum Gasteiger partial charge on any atom is -0.393 e. The number of thiophene rings is 1. The van der Waals surface area contributed by atoms with Gasteiger partial charge in [-0.05, 0) is 147 Å². The standard InChI is InChI=1S/C48H58N2O4S/c1-31-11-10-23-47(4)40(38-21-17-32(25-37(51)20-16-31)26-39(38)44(52)43-27-33-12-8-9-15-42(33)55-43)22-24-48(47,54)30-50(45(53)49-36-13-6-5-7-14-36)29-34-18-19-35-28-41(34)46(35,2)3/h5-9,11-15,17,21,26-27,34-35,37,40-41,51,54H,10,16,18-20,22-25,28-30H2,1-4H3,(H,49,53)/t34-,35-,37-,40-,41-,47-,48+/m0/s1. The number of para-hydroxylation sites is 1. The molecule has 3 N–H and O–H groups in total. The minimum absolute atomic E-state index is 0.00394. The molecule has 3 aromatic carbocycles. The highest BCUT2D eigenvalue weighted by Crippen LogP contribution is 2.62. The van der Waals surface area contributed by atoms with Crippen molar-refractivity contribution in [2.45, 2.75) is 110 Å². The van der Waals surface area contributed by atoms with Crippen LogP contribution >= 0.6 is 11.3 Å². The van der Waals surface area contributed by atoms with E-state index in [4.69, 9.17) is 0 Å². The Morgan fingerprint density at radius 2 is 1.71 bits per heavy atom. The van der Waals surface area contributed by atoms with Gasteiger partial charge in [-0.15, -0.1) is 11.3 Å². The highest BCUT2D eigenvalue weighted by Gasteiger charge is 2.59. The van der Waals surface area contributed by atoms with Gasteiger partial charge in [0.05, 0.1) is 23.1 Å². The molecular formula is C48H58N2O4S. The van der Waals surface area contributed by atoms with Crippen LogP contribution in [0.4, 0.5) is 10.5 Å². The summed E-state index contributed by atoms with van der Waals surface area (Å²) < 4.78 is 1.08. The topological polar surface area (TPSA) is 89.9 Å². The first kappa shape index (κ1) is 38.1. The Morgan fingerprint density at radius 1 is 0.927 bits per heavy atom. The first-order valence-corrected chi connectivity index (χ1v) is 21.5. The van der Waals surface area contributed by atoms with Gasteiger partial charge >= 0.3 is 6.03 Å². The van der Waals surface area contributed by atoms with Crippen LogP contribution in [-0.2, 0) is 6.42 Å². The zero-order valence-electron chi connectivity index (χ0n) is 33.0. The molecule has 10 rings (SSSR count). The number of carbonyl (C=O) groups excluding carboxylic acids is 2. The number of fused-ring (bicyclic) bond motifs is 11. The number of nitrogens with one attached hydrogen (secondary N) is 1. The third-order valence-corrected chi connectivity index (χ3v) is 15.9. The summed E-state index contributed by atoms with van der Waals surface area (Å²) in [6.07, 6.45) is 9.96. The first-order valence-electron chi connectivity index (χ1n) is 20.7. The molecule has 7 heteroatoms. The lowest BCUT2D eigenvalue weighted by atomic mass is 9.45. The van der Waals surface area contributed by atoms with E-state index in [-0.39, 0.29) is 29.7 Å². The van der Waals surface area contributed by atoms with Crippen LogP contribution in [0.3, 0.4) is 0 Å². The SMILES string of the molecule is CC1=CCC[C@@]2(C)[C@@H](CC[C@@]2(O)CN(C[C@@H]2CC[C@H]3C[C@@H]2C3(C)C)C(=O)Nc2ccccc2)c2ccc(cc2C(=O)c2cc3ccccc3s2)C[C@@H](O)CC1. The molecule has 0 saturated heterocycles. The third kappa shape index (κ3) is 7.21. The quantitative estimate of drug-likeness (QED) is 0.129. The van der Waals surface area contributed by atoms with Crippen LogP contribution in [0.25, 0.3) is 10.1 Å². The fourth-order valence-electron chi connectivity index (χ4n) is 11.1. The normalized spacial score (nSPS) is 30.1. The van der Waals surface area contributed by atoms with Crippen molar-refractivity contribution in [3.05, 3.63) is 112 Å². The molecule has 7 atom stereocenters. The van der Waals surface area contributed by atoms with Gasteiger partial charge < -0.3 is 20.4 Å². The van der Waals surface area contributed by atoms with Gasteiger partial charge in [-0.25, -0.2) is 4.79 Å². The lowest BCUT2D eigenvalue weighted by Crippen LogP contribution is -2.58. The summed E-state index contributed by atoms with van der Waals surface area (Å²) >= 11 is 1.52. The first-order chi connectivity index (χ1) is 26.3. The van der Waals surface area contributed by atoms with E-state index in [1.807, 2.05) is 59.5 Å². The fraction of sp³-hybridized carbons (Fsp3) is 0.500. The van der Waals surface area contributed by atoms with Crippen molar-refractivity contribution in [2.75, 3.05) is 18.4 Å². The van der Waals surface area contributed by atoms with Gasteiger partial charge in [0.15, 0.2) is 0 Å². The average Bonchev–Trinajstić information content (AvgIpc) is 3.72. The summed E-state index contributed by atoms with van der Waals surface area (Å²) in [4.78, 5) is 31.8. The van der Waals surface area contributed by atoms with E-state index in [1.165, 1.54) is 29.8 Å². The molecule has 4 fully saturated rings. The molecule has 6 aliphatic carbocycles. The van der Waals surface area contributed by atoms with Gasteiger partial charge in [-0.1, -0.05) is 81.0 Å². The second kappa shape index (κ2) is 14.9. The zero-order valence-corrected chi connectivity index (χ0v) is 33.8. The summed E-state index contributed by atoms with van der Waals surface area (Å²) in [7, 11) is 0. The molecule has 290 valence electrons. The molecule has 4 bridgehead atoms. The van der Waals surface area contributed by atoms with Crippen LogP contribution in [-0.4, -0.2) is 51.7 Å². The van der Waals surface area contributed by atoms with Crippen LogP contribution < -0.4 is 5.32 Å². The summed E-state index contributed by atoms with van der Waals surface area (Å²) in [6, 6.07) is 25.8. The van der Waals surface area contributed by atoms with E-state index in [0.717, 1.165) is 52.1 Å². The van der Waals surface area contributed by atoms with Crippen molar-refractivity contribution in [2.24, 2.45) is 28.6 Å². The molecule has 1 aromatic heterocycles. The highest BCUT2D eigenvalue weighted by atomic mass is 32.1. The third-order valence-electron chi connectivity index (χ3n) is 14.8. The van der Waals surface area contributed by atoms with Crippen molar-refractivity contribution >= 4 is 38.9 Å². The number of carbonyl (C=O) groups is 2. The van der Waals surface area contributed by atoms with E-state index in [2.05, 4.69) is 63.4 Å². The zero-order chi connectivity index (χ0) is 38.5. The largest absolute Gasteiger partial charge is 0.393 e. The summed E-state index contributed by atoms with van der Waals surface area (Å²) in [5, 5.41) is 28.6. The number of aliphatic hydroxyl groups excluding tert-OH is 1.